The molecule has 2 saturated heterocycles. The maximum absolute atomic E-state index is 13.1. The highest BCUT2D eigenvalue weighted by atomic mass is 16.2. The van der Waals surface area contributed by atoms with Crippen LogP contribution in [0.1, 0.15) is 70.6 Å². The summed E-state index contributed by atoms with van der Waals surface area (Å²) in [5.41, 5.74) is 6.15. The van der Waals surface area contributed by atoms with Crippen LogP contribution in [0.25, 0.3) is 0 Å². The molecule has 0 radical (unpaired) electrons. The largest absolute Gasteiger partial charge is 0.336 e. The van der Waals surface area contributed by atoms with Crippen molar-refractivity contribution in [2.24, 2.45) is 23.5 Å². The van der Waals surface area contributed by atoms with Crippen molar-refractivity contribution in [1.29, 1.82) is 0 Å². The lowest BCUT2D eigenvalue weighted by molar-refractivity contribution is -0.142. The first-order valence-corrected chi connectivity index (χ1v) is 9.30. The molecule has 5 atom stereocenters. The second-order valence-corrected chi connectivity index (χ2v) is 8.18. The maximum atomic E-state index is 13.1. The lowest BCUT2D eigenvalue weighted by Gasteiger charge is -2.43. The van der Waals surface area contributed by atoms with E-state index >= 15 is 0 Å². The van der Waals surface area contributed by atoms with Gasteiger partial charge in [-0.15, -0.1) is 0 Å². The number of hydrogen-bond donors (Lipinski definition) is 1. The summed E-state index contributed by atoms with van der Waals surface area (Å²) in [4.78, 5) is 15.4. The smallest absolute Gasteiger partial charge is 0.226 e. The minimum atomic E-state index is 0.334. The summed E-state index contributed by atoms with van der Waals surface area (Å²) in [6, 6.07) is 1.27. The van der Waals surface area contributed by atoms with Crippen LogP contribution in [0.5, 0.6) is 0 Å². The van der Waals surface area contributed by atoms with Gasteiger partial charge in [-0.3, -0.25) is 4.79 Å². The van der Waals surface area contributed by atoms with Gasteiger partial charge in [-0.25, -0.2) is 0 Å². The van der Waals surface area contributed by atoms with Crippen molar-refractivity contribution in [3.05, 3.63) is 0 Å². The van der Waals surface area contributed by atoms with Crippen LogP contribution in [0.2, 0.25) is 0 Å². The van der Waals surface area contributed by atoms with E-state index in [2.05, 4.69) is 4.90 Å². The lowest BCUT2D eigenvalue weighted by atomic mass is 9.67. The fourth-order valence-electron chi connectivity index (χ4n) is 5.89. The van der Waals surface area contributed by atoms with Gasteiger partial charge in [0.15, 0.2) is 0 Å². The standard InChI is InChI=1S/C18H30N2O/c19-15-10-16-7-8-17(11-15)20(16)18(21)14-6-5-12-3-1-2-4-13(12)9-14/h12-17H,1-11,19H2. The molecule has 0 spiro atoms. The molecule has 1 amide bonds. The SMILES string of the molecule is NC1CC2CCC(C1)N2C(=O)C1CCC2CCCCC2C1. The number of nitrogens with two attached hydrogens (primary N) is 1. The molecule has 2 bridgehead atoms. The van der Waals surface area contributed by atoms with E-state index in [4.69, 9.17) is 5.73 Å². The number of fused-ring (bicyclic) bond motifs is 3. The van der Waals surface area contributed by atoms with Crippen LogP contribution in [0, 0.1) is 17.8 Å². The van der Waals surface area contributed by atoms with Crippen LogP contribution in [0.4, 0.5) is 0 Å². The average molecular weight is 290 g/mol. The van der Waals surface area contributed by atoms with E-state index in [1.807, 2.05) is 0 Å². The Balaban J connectivity index is 1.43. The third-order valence-corrected chi connectivity index (χ3v) is 6.91. The van der Waals surface area contributed by atoms with Gasteiger partial charge in [-0.05, 0) is 56.8 Å². The molecule has 2 N–H and O–H groups in total. The Labute approximate surface area is 128 Å². The molecule has 0 aromatic rings. The molecule has 2 saturated carbocycles. The molecule has 2 aliphatic carbocycles. The van der Waals surface area contributed by atoms with Crippen molar-refractivity contribution in [2.75, 3.05) is 0 Å². The molecular formula is C18H30N2O. The topological polar surface area (TPSA) is 46.3 Å². The molecule has 2 aliphatic heterocycles. The average Bonchev–Trinajstić information content (AvgIpc) is 2.78. The van der Waals surface area contributed by atoms with E-state index in [-0.39, 0.29) is 0 Å². The Morgan fingerprint density at radius 3 is 2.19 bits per heavy atom. The Kier molecular flexibility index (Phi) is 3.72. The molecule has 3 nitrogen and oxygen atoms in total. The zero-order valence-electron chi connectivity index (χ0n) is 13.2. The zero-order chi connectivity index (χ0) is 14.4. The van der Waals surface area contributed by atoms with E-state index in [1.165, 1.54) is 51.4 Å². The maximum Gasteiger partial charge on any atom is 0.226 e. The molecule has 4 aliphatic rings. The third kappa shape index (κ3) is 2.52. The molecule has 0 aromatic carbocycles. The molecule has 4 rings (SSSR count). The van der Waals surface area contributed by atoms with Gasteiger partial charge in [-0.2, -0.15) is 0 Å². The quantitative estimate of drug-likeness (QED) is 0.806. The summed E-state index contributed by atoms with van der Waals surface area (Å²) in [5, 5.41) is 0. The van der Waals surface area contributed by atoms with Crippen molar-refractivity contribution in [3.63, 3.8) is 0 Å². The van der Waals surface area contributed by atoms with E-state index in [9.17, 15) is 4.79 Å². The fourth-order valence-corrected chi connectivity index (χ4v) is 5.89. The number of amides is 1. The second kappa shape index (κ2) is 5.57. The number of carbonyl (C=O) groups excluding carboxylic acids is 1. The van der Waals surface area contributed by atoms with Crippen LogP contribution < -0.4 is 5.73 Å². The predicted molar refractivity (Wildman–Crippen MR) is 83.7 cm³/mol. The van der Waals surface area contributed by atoms with Crippen LogP contribution in [0.15, 0.2) is 0 Å². The van der Waals surface area contributed by atoms with Gasteiger partial charge in [0.1, 0.15) is 0 Å². The highest BCUT2D eigenvalue weighted by Gasteiger charge is 2.45. The van der Waals surface area contributed by atoms with Crippen molar-refractivity contribution < 1.29 is 4.79 Å². The predicted octanol–water partition coefficient (Wildman–Crippen LogP) is 3.07. The van der Waals surface area contributed by atoms with Crippen molar-refractivity contribution >= 4 is 5.91 Å². The van der Waals surface area contributed by atoms with Crippen molar-refractivity contribution in [1.82, 2.24) is 4.90 Å². The first kappa shape index (κ1) is 14.0. The fraction of sp³-hybridized carbons (Fsp3) is 0.944. The first-order valence-electron chi connectivity index (χ1n) is 9.30. The summed E-state index contributed by atoms with van der Waals surface area (Å²) in [6.07, 6.45) is 13.8. The molecule has 0 aromatic heterocycles. The molecular weight excluding hydrogens is 260 g/mol. The molecule has 5 unspecified atom stereocenters. The second-order valence-electron chi connectivity index (χ2n) is 8.18. The van der Waals surface area contributed by atoms with E-state index in [0.29, 0.717) is 30.0 Å². The van der Waals surface area contributed by atoms with Crippen LogP contribution >= 0.6 is 0 Å². The number of piperidine rings is 1. The third-order valence-electron chi connectivity index (χ3n) is 6.91. The summed E-state index contributed by atoms with van der Waals surface area (Å²) in [5.74, 6) is 2.63. The van der Waals surface area contributed by atoms with E-state index < -0.39 is 0 Å². The van der Waals surface area contributed by atoms with Gasteiger partial charge in [-0.1, -0.05) is 25.7 Å². The highest BCUT2D eigenvalue weighted by Crippen LogP contribution is 2.45. The Morgan fingerprint density at radius 2 is 1.48 bits per heavy atom. The highest BCUT2D eigenvalue weighted by molar-refractivity contribution is 5.80. The van der Waals surface area contributed by atoms with Gasteiger partial charge in [0.2, 0.25) is 5.91 Å². The van der Waals surface area contributed by atoms with Gasteiger partial charge in [0, 0.05) is 24.0 Å². The van der Waals surface area contributed by atoms with Gasteiger partial charge in [0.25, 0.3) is 0 Å². The molecule has 3 heteroatoms. The normalized spacial score (nSPS) is 46.2. The monoisotopic (exact) mass is 290 g/mol. The van der Waals surface area contributed by atoms with Crippen LogP contribution in [-0.4, -0.2) is 28.9 Å². The van der Waals surface area contributed by atoms with Gasteiger partial charge < -0.3 is 10.6 Å². The van der Waals surface area contributed by atoms with Crippen molar-refractivity contribution in [3.8, 4) is 0 Å². The summed E-state index contributed by atoms with van der Waals surface area (Å²) in [7, 11) is 0. The number of hydrogen-bond acceptors (Lipinski definition) is 2. The minimum Gasteiger partial charge on any atom is -0.336 e. The van der Waals surface area contributed by atoms with E-state index in [1.54, 1.807) is 0 Å². The first-order chi connectivity index (χ1) is 10.2. The van der Waals surface area contributed by atoms with Crippen LogP contribution in [0.3, 0.4) is 0 Å². The van der Waals surface area contributed by atoms with Gasteiger partial charge in [0.05, 0.1) is 0 Å². The van der Waals surface area contributed by atoms with Crippen molar-refractivity contribution in [2.45, 2.75) is 88.8 Å². The molecule has 118 valence electrons. The van der Waals surface area contributed by atoms with E-state index in [0.717, 1.165) is 31.1 Å². The summed E-state index contributed by atoms with van der Waals surface area (Å²) in [6.45, 7) is 0. The summed E-state index contributed by atoms with van der Waals surface area (Å²) >= 11 is 0. The van der Waals surface area contributed by atoms with Crippen LogP contribution in [-0.2, 0) is 4.79 Å². The summed E-state index contributed by atoms with van der Waals surface area (Å²) < 4.78 is 0. The lowest BCUT2D eigenvalue weighted by Crippen LogP contribution is -2.52. The zero-order valence-corrected chi connectivity index (χ0v) is 13.2. The Bertz CT molecular complexity index is 396. The number of rotatable bonds is 1. The minimum absolute atomic E-state index is 0.334. The van der Waals surface area contributed by atoms with Gasteiger partial charge >= 0.3 is 0 Å². The number of carbonyl (C=O) groups is 1. The molecule has 4 fully saturated rings. The molecule has 2 heterocycles. The molecule has 21 heavy (non-hydrogen) atoms. The Morgan fingerprint density at radius 1 is 0.810 bits per heavy atom. The number of nitrogens with zero attached hydrogens (tertiary/aromatic N) is 1. The Hall–Kier alpha value is -0.570.